The minimum absolute atomic E-state index is 0.266. The van der Waals surface area contributed by atoms with Crippen LogP contribution >= 0.6 is 23.2 Å². The van der Waals surface area contributed by atoms with Gasteiger partial charge in [-0.3, -0.25) is 0 Å². The second-order valence-electron chi connectivity index (χ2n) is 8.18. The first-order chi connectivity index (χ1) is 15.6. The van der Waals surface area contributed by atoms with Gasteiger partial charge in [-0.15, -0.1) is 0 Å². The van der Waals surface area contributed by atoms with Crippen molar-refractivity contribution < 1.29 is 14.2 Å². The molecule has 176 valence electrons. The van der Waals surface area contributed by atoms with E-state index in [-0.39, 0.29) is 5.92 Å². The first-order valence-electron chi connectivity index (χ1n) is 11.3. The summed E-state index contributed by atoms with van der Waals surface area (Å²) < 4.78 is 16.4. The molecular formula is C25H34Cl2N2O3. The van der Waals surface area contributed by atoms with Crippen molar-refractivity contribution in [1.29, 1.82) is 0 Å². The summed E-state index contributed by atoms with van der Waals surface area (Å²) in [6.07, 6.45) is 1.95. The van der Waals surface area contributed by atoms with Gasteiger partial charge in [0.15, 0.2) is 0 Å². The molecule has 2 N–H and O–H groups in total. The molecule has 1 atom stereocenters. The smallest absolute Gasteiger partial charge is 0.0701 e. The van der Waals surface area contributed by atoms with Crippen molar-refractivity contribution in [1.82, 2.24) is 4.90 Å². The Morgan fingerprint density at radius 3 is 2.44 bits per heavy atom. The Kier molecular flexibility index (Phi) is 10.7. The molecule has 0 aliphatic carbocycles. The molecule has 0 spiro atoms. The van der Waals surface area contributed by atoms with E-state index < -0.39 is 0 Å². The Balaban J connectivity index is 1.46. The Hall–Kier alpha value is -1.18. The number of hydrogen-bond donors (Lipinski definition) is 1. The van der Waals surface area contributed by atoms with E-state index in [1.165, 1.54) is 22.3 Å². The lowest BCUT2D eigenvalue weighted by molar-refractivity contribution is 0.0156. The van der Waals surface area contributed by atoms with Crippen molar-refractivity contribution >= 4 is 23.2 Å². The standard InChI is InChI=1S/C25H34Cl2N2O3/c1-29-17-23(22-15-21(26)16-25(27)24(22)18-29)20-6-2-4-19(14-20)5-3-8-30-10-12-32-13-11-31-9-7-28/h2,4,6,14-16,23H,3,5,7-13,17-18,28H2,1H3. The molecule has 2 aromatic rings. The number of likely N-dealkylation sites (N-methyl/N-ethyl adjacent to an activating group) is 1. The molecule has 0 aromatic heterocycles. The van der Waals surface area contributed by atoms with Gasteiger partial charge in [0.2, 0.25) is 0 Å². The largest absolute Gasteiger partial charge is 0.379 e. The fourth-order valence-corrected chi connectivity index (χ4v) is 4.67. The van der Waals surface area contributed by atoms with Crippen molar-refractivity contribution in [3.8, 4) is 0 Å². The van der Waals surface area contributed by atoms with E-state index in [1.54, 1.807) is 0 Å². The fraction of sp³-hybridized carbons (Fsp3) is 0.520. The van der Waals surface area contributed by atoms with Gasteiger partial charge in [-0.1, -0.05) is 47.5 Å². The van der Waals surface area contributed by atoms with Crippen LogP contribution < -0.4 is 5.73 Å². The maximum atomic E-state index is 6.51. The van der Waals surface area contributed by atoms with Crippen molar-refractivity contribution in [3.05, 3.63) is 68.7 Å². The third-order valence-electron chi connectivity index (χ3n) is 5.61. The van der Waals surface area contributed by atoms with Gasteiger partial charge >= 0.3 is 0 Å². The molecule has 7 heteroatoms. The molecule has 5 nitrogen and oxygen atoms in total. The van der Waals surface area contributed by atoms with Crippen LogP contribution in [0.15, 0.2) is 36.4 Å². The Bertz CT molecular complexity index is 850. The number of benzene rings is 2. The highest BCUT2D eigenvalue weighted by Crippen LogP contribution is 2.38. The van der Waals surface area contributed by atoms with Gasteiger partial charge in [-0.05, 0) is 54.3 Å². The summed E-state index contributed by atoms with van der Waals surface area (Å²) in [5.41, 5.74) is 10.4. The van der Waals surface area contributed by atoms with E-state index >= 15 is 0 Å². The van der Waals surface area contributed by atoms with Crippen LogP contribution in [0.5, 0.6) is 0 Å². The summed E-state index contributed by atoms with van der Waals surface area (Å²) in [7, 11) is 2.14. The highest BCUT2D eigenvalue weighted by atomic mass is 35.5. The number of hydrogen-bond acceptors (Lipinski definition) is 5. The molecular weight excluding hydrogens is 447 g/mol. The van der Waals surface area contributed by atoms with E-state index in [2.05, 4.69) is 42.3 Å². The van der Waals surface area contributed by atoms with Crippen LogP contribution in [0, 0.1) is 0 Å². The van der Waals surface area contributed by atoms with E-state index in [0.29, 0.717) is 44.6 Å². The van der Waals surface area contributed by atoms with Crippen LogP contribution in [0.2, 0.25) is 10.0 Å². The van der Waals surface area contributed by atoms with E-state index in [1.807, 2.05) is 6.07 Å². The van der Waals surface area contributed by atoms with E-state index in [9.17, 15) is 0 Å². The predicted molar refractivity (Wildman–Crippen MR) is 131 cm³/mol. The zero-order valence-corrected chi connectivity index (χ0v) is 20.3. The van der Waals surface area contributed by atoms with Crippen molar-refractivity contribution in [3.63, 3.8) is 0 Å². The Labute approximate surface area is 201 Å². The number of halogens is 2. The number of rotatable bonds is 13. The van der Waals surface area contributed by atoms with Crippen LogP contribution in [0.4, 0.5) is 0 Å². The normalized spacial score (nSPS) is 16.3. The zero-order chi connectivity index (χ0) is 22.8. The average Bonchev–Trinajstić information content (AvgIpc) is 2.78. The van der Waals surface area contributed by atoms with E-state index in [4.69, 9.17) is 43.1 Å². The van der Waals surface area contributed by atoms with Crippen molar-refractivity contribution in [2.45, 2.75) is 25.3 Å². The Morgan fingerprint density at radius 2 is 1.69 bits per heavy atom. The first-order valence-corrected chi connectivity index (χ1v) is 12.0. The highest BCUT2D eigenvalue weighted by molar-refractivity contribution is 6.35. The molecule has 0 fully saturated rings. The summed E-state index contributed by atoms with van der Waals surface area (Å²) in [4.78, 5) is 2.32. The van der Waals surface area contributed by atoms with Gasteiger partial charge in [0, 0.05) is 42.2 Å². The molecule has 1 aliphatic heterocycles. The number of nitrogens with zero attached hydrogens (tertiary/aromatic N) is 1. The van der Waals surface area contributed by atoms with Crippen LogP contribution in [0.1, 0.15) is 34.6 Å². The van der Waals surface area contributed by atoms with Gasteiger partial charge in [-0.2, -0.15) is 0 Å². The SMILES string of the molecule is CN1Cc2c(Cl)cc(Cl)cc2C(c2cccc(CCCOCCOCCOCCN)c2)C1. The maximum absolute atomic E-state index is 6.51. The number of fused-ring (bicyclic) bond motifs is 1. The lowest BCUT2D eigenvalue weighted by Gasteiger charge is -2.33. The third-order valence-corrected chi connectivity index (χ3v) is 6.16. The molecule has 1 heterocycles. The molecule has 1 unspecified atom stereocenters. The molecule has 0 bridgehead atoms. The third kappa shape index (κ3) is 7.70. The van der Waals surface area contributed by atoms with Gasteiger partial charge < -0.3 is 24.8 Å². The molecule has 0 amide bonds. The molecule has 32 heavy (non-hydrogen) atoms. The molecule has 3 rings (SSSR count). The highest BCUT2D eigenvalue weighted by Gasteiger charge is 2.27. The minimum atomic E-state index is 0.266. The number of aryl methyl sites for hydroxylation is 1. The maximum Gasteiger partial charge on any atom is 0.0701 e. The number of ether oxygens (including phenoxy) is 3. The fourth-order valence-electron chi connectivity index (χ4n) is 4.10. The molecule has 1 aliphatic rings. The topological polar surface area (TPSA) is 57.0 Å². The van der Waals surface area contributed by atoms with Crippen LogP contribution in [-0.2, 0) is 27.2 Å². The van der Waals surface area contributed by atoms with Crippen molar-refractivity contribution in [2.24, 2.45) is 5.73 Å². The van der Waals surface area contributed by atoms with Gasteiger partial charge in [0.25, 0.3) is 0 Å². The lowest BCUT2D eigenvalue weighted by Crippen LogP contribution is -2.31. The van der Waals surface area contributed by atoms with Crippen molar-refractivity contribution in [2.75, 3.05) is 59.8 Å². The summed E-state index contributed by atoms with van der Waals surface area (Å²) >= 11 is 12.8. The second-order valence-corrected chi connectivity index (χ2v) is 9.02. The quantitative estimate of drug-likeness (QED) is 0.427. The molecule has 0 radical (unpaired) electrons. The van der Waals surface area contributed by atoms with Gasteiger partial charge in [0.05, 0.1) is 33.0 Å². The summed E-state index contributed by atoms with van der Waals surface area (Å²) in [5, 5.41) is 1.45. The second kappa shape index (κ2) is 13.5. The first kappa shape index (κ1) is 25.4. The Morgan fingerprint density at radius 1 is 0.969 bits per heavy atom. The van der Waals surface area contributed by atoms with Gasteiger partial charge in [-0.25, -0.2) is 0 Å². The van der Waals surface area contributed by atoms with Crippen LogP contribution in [-0.4, -0.2) is 64.7 Å². The monoisotopic (exact) mass is 480 g/mol. The van der Waals surface area contributed by atoms with E-state index in [0.717, 1.165) is 37.6 Å². The summed E-state index contributed by atoms with van der Waals surface area (Å²) in [6, 6.07) is 12.8. The summed E-state index contributed by atoms with van der Waals surface area (Å²) in [6.45, 7) is 5.98. The van der Waals surface area contributed by atoms with Crippen LogP contribution in [0.25, 0.3) is 0 Å². The molecule has 2 aromatic carbocycles. The molecule has 0 saturated carbocycles. The van der Waals surface area contributed by atoms with Crippen LogP contribution in [0.3, 0.4) is 0 Å². The molecule has 0 saturated heterocycles. The predicted octanol–water partition coefficient (Wildman–Crippen LogP) is 4.51. The average molecular weight is 481 g/mol. The number of nitrogens with two attached hydrogens (primary N) is 1. The summed E-state index contributed by atoms with van der Waals surface area (Å²) in [5.74, 6) is 0.266. The minimum Gasteiger partial charge on any atom is -0.379 e. The van der Waals surface area contributed by atoms with Gasteiger partial charge in [0.1, 0.15) is 0 Å². The lowest BCUT2D eigenvalue weighted by atomic mass is 9.84. The zero-order valence-electron chi connectivity index (χ0n) is 18.8.